The summed E-state index contributed by atoms with van der Waals surface area (Å²) < 4.78 is 0. The number of hydrogen-bond donors (Lipinski definition) is 1. The Hall–Kier alpha value is -2.09. The van der Waals surface area contributed by atoms with Crippen LogP contribution in [0.15, 0.2) is 42.5 Å². The third-order valence-electron chi connectivity index (χ3n) is 2.57. The zero-order valence-corrected chi connectivity index (χ0v) is 8.97. The molecule has 0 aliphatic carbocycles. The second kappa shape index (κ2) is 4.19. The molecule has 2 heteroatoms. The van der Waals surface area contributed by atoms with Gasteiger partial charge >= 0.3 is 0 Å². The Morgan fingerprint density at radius 3 is 2.62 bits per heavy atom. The summed E-state index contributed by atoms with van der Waals surface area (Å²) in [7, 11) is 0. The molecule has 0 aliphatic heterocycles. The van der Waals surface area contributed by atoms with Crippen LogP contribution in [0.3, 0.4) is 0 Å². The van der Waals surface area contributed by atoms with Gasteiger partial charge in [0.2, 0.25) is 0 Å². The van der Waals surface area contributed by atoms with Crippen molar-refractivity contribution < 1.29 is 9.90 Å². The summed E-state index contributed by atoms with van der Waals surface area (Å²) in [6, 6.07) is 12.8. The number of aryl methyl sites for hydroxylation is 1. The number of benzene rings is 2. The molecule has 0 radical (unpaired) electrons. The molecule has 0 heterocycles. The molecule has 2 nitrogen and oxygen atoms in total. The zero-order chi connectivity index (χ0) is 11.5. The van der Waals surface area contributed by atoms with E-state index in [2.05, 4.69) is 0 Å². The molecule has 0 atom stereocenters. The lowest BCUT2D eigenvalue weighted by Gasteiger charge is -2.07. The first-order chi connectivity index (χ1) is 7.72. The van der Waals surface area contributed by atoms with Crippen LogP contribution in [-0.2, 0) is 0 Å². The van der Waals surface area contributed by atoms with Crippen molar-refractivity contribution in [2.45, 2.75) is 6.92 Å². The van der Waals surface area contributed by atoms with E-state index < -0.39 is 0 Å². The fourth-order valence-electron chi connectivity index (χ4n) is 1.67. The van der Waals surface area contributed by atoms with Crippen LogP contribution in [0.1, 0.15) is 15.9 Å². The van der Waals surface area contributed by atoms with Gasteiger partial charge in [0.15, 0.2) is 0 Å². The lowest BCUT2D eigenvalue weighted by Crippen LogP contribution is -1.84. The SMILES string of the molecule is Cc1cccc(-c2cccc(C=O)c2)c1O. The largest absolute Gasteiger partial charge is 0.507 e. The minimum absolute atomic E-state index is 0.269. The number of phenolic OH excluding ortho intramolecular Hbond substituents is 1. The van der Waals surface area contributed by atoms with Gasteiger partial charge in [0.05, 0.1) is 0 Å². The van der Waals surface area contributed by atoms with Crippen LogP contribution in [0.25, 0.3) is 11.1 Å². The minimum Gasteiger partial charge on any atom is -0.507 e. The Kier molecular flexibility index (Phi) is 2.73. The molecular weight excluding hydrogens is 200 g/mol. The lowest BCUT2D eigenvalue weighted by atomic mass is 10.0. The van der Waals surface area contributed by atoms with Crippen LogP contribution < -0.4 is 0 Å². The number of para-hydroxylation sites is 1. The third-order valence-corrected chi connectivity index (χ3v) is 2.57. The van der Waals surface area contributed by atoms with E-state index in [0.29, 0.717) is 5.56 Å². The van der Waals surface area contributed by atoms with E-state index in [1.807, 2.05) is 31.2 Å². The number of rotatable bonds is 2. The highest BCUT2D eigenvalue weighted by atomic mass is 16.3. The molecule has 0 bridgehead atoms. The molecular formula is C14H12O2. The predicted octanol–water partition coefficient (Wildman–Crippen LogP) is 3.18. The average Bonchev–Trinajstić information content (AvgIpc) is 2.33. The molecule has 2 aromatic carbocycles. The Morgan fingerprint density at radius 2 is 1.88 bits per heavy atom. The molecule has 0 saturated heterocycles. The van der Waals surface area contributed by atoms with E-state index in [4.69, 9.17) is 0 Å². The van der Waals surface area contributed by atoms with Crippen LogP contribution in [-0.4, -0.2) is 11.4 Å². The van der Waals surface area contributed by atoms with E-state index in [-0.39, 0.29) is 5.75 Å². The Morgan fingerprint density at radius 1 is 1.12 bits per heavy atom. The molecule has 0 amide bonds. The summed E-state index contributed by atoms with van der Waals surface area (Å²) in [6.45, 7) is 1.85. The summed E-state index contributed by atoms with van der Waals surface area (Å²) >= 11 is 0. The molecule has 0 spiro atoms. The molecule has 1 N–H and O–H groups in total. The molecule has 80 valence electrons. The van der Waals surface area contributed by atoms with Gasteiger partial charge < -0.3 is 5.11 Å². The summed E-state index contributed by atoms with van der Waals surface area (Å²) in [6.07, 6.45) is 0.802. The topological polar surface area (TPSA) is 37.3 Å². The van der Waals surface area contributed by atoms with Crippen LogP contribution in [0.2, 0.25) is 0 Å². The maximum absolute atomic E-state index is 10.7. The highest BCUT2D eigenvalue weighted by Crippen LogP contribution is 2.31. The molecule has 2 rings (SSSR count). The normalized spacial score (nSPS) is 10.1. The Balaban J connectivity index is 2.58. The summed E-state index contributed by atoms with van der Waals surface area (Å²) in [4.78, 5) is 10.7. The third kappa shape index (κ3) is 1.82. The fourth-order valence-corrected chi connectivity index (χ4v) is 1.67. The Bertz CT molecular complexity index is 530. The van der Waals surface area contributed by atoms with Gasteiger partial charge in [-0.05, 0) is 24.1 Å². The maximum Gasteiger partial charge on any atom is 0.150 e. The standard InChI is InChI=1S/C14H12O2/c1-10-4-2-7-13(14(10)16)12-6-3-5-11(8-12)9-15/h2-9,16H,1H3. The molecule has 0 unspecified atom stereocenters. The second-order valence-electron chi connectivity index (χ2n) is 3.71. The number of phenols is 1. The first kappa shape index (κ1) is 10.4. The van der Waals surface area contributed by atoms with Crippen molar-refractivity contribution in [2.24, 2.45) is 0 Å². The van der Waals surface area contributed by atoms with E-state index in [9.17, 15) is 9.90 Å². The van der Waals surface area contributed by atoms with E-state index in [1.165, 1.54) is 0 Å². The summed E-state index contributed by atoms with van der Waals surface area (Å²) in [5.74, 6) is 0.269. The van der Waals surface area contributed by atoms with Crippen molar-refractivity contribution in [1.29, 1.82) is 0 Å². The van der Waals surface area contributed by atoms with Crippen LogP contribution >= 0.6 is 0 Å². The first-order valence-electron chi connectivity index (χ1n) is 5.06. The molecule has 2 aromatic rings. The smallest absolute Gasteiger partial charge is 0.150 e. The molecule has 0 fully saturated rings. The van der Waals surface area contributed by atoms with Crippen molar-refractivity contribution in [1.82, 2.24) is 0 Å². The van der Waals surface area contributed by atoms with E-state index in [1.54, 1.807) is 18.2 Å². The van der Waals surface area contributed by atoms with Gasteiger partial charge in [-0.25, -0.2) is 0 Å². The predicted molar refractivity (Wildman–Crippen MR) is 63.7 cm³/mol. The van der Waals surface area contributed by atoms with Crippen molar-refractivity contribution in [3.05, 3.63) is 53.6 Å². The van der Waals surface area contributed by atoms with Crippen molar-refractivity contribution >= 4 is 6.29 Å². The lowest BCUT2D eigenvalue weighted by molar-refractivity contribution is 0.112. The number of carbonyl (C=O) groups is 1. The van der Waals surface area contributed by atoms with Crippen LogP contribution in [0.5, 0.6) is 5.75 Å². The summed E-state index contributed by atoms with van der Waals surface area (Å²) in [5.41, 5.74) is 3.04. The number of aldehydes is 1. The van der Waals surface area contributed by atoms with Gasteiger partial charge in [0.25, 0.3) is 0 Å². The van der Waals surface area contributed by atoms with Gasteiger partial charge in [-0.2, -0.15) is 0 Å². The zero-order valence-electron chi connectivity index (χ0n) is 8.97. The van der Waals surface area contributed by atoms with E-state index in [0.717, 1.165) is 23.0 Å². The average molecular weight is 212 g/mol. The monoisotopic (exact) mass is 212 g/mol. The quantitative estimate of drug-likeness (QED) is 0.776. The van der Waals surface area contributed by atoms with Gasteiger partial charge in [-0.1, -0.05) is 36.4 Å². The second-order valence-corrected chi connectivity index (χ2v) is 3.71. The number of carbonyl (C=O) groups excluding carboxylic acids is 1. The van der Waals surface area contributed by atoms with Gasteiger partial charge in [0.1, 0.15) is 12.0 Å². The fraction of sp³-hybridized carbons (Fsp3) is 0.0714. The van der Waals surface area contributed by atoms with Crippen molar-refractivity contribution in [3.63, 3.8) is 0 Å². The van der Waals surface area contributed by atoms with Crippen LogP contribution in [0, 0.1) is 6.92 Å². The van der Waals surface area contributed by atoms with Gasteiger partial charge in [-0.15, -0.1) is 0 Å². The molecule has 0 saturated carbocycles. The highest BCUT2D eigenvalue weighted by Gasteiger charge is 2.06. The summed E-state index contributed by atoms with van der Waals surface area (Å²) in [5, 5.41) is 9.93. The van der Waals surface area contributed by atoms with Crippen molar-refractivity contribution in [3.8, 4) is 16.9 Å². The van der Waals surface area contributed by atoms with Crippen LogP contribution in [0.4, 0.5) is 0 Å². The van der Waals surface area contributed by atoms with Crippen molar-refractivity contribution in [2.75, 3.05) is 0 Å². The molecule has 0 aliphatic rings. The van der Waals surface area contributed by atoms with Gasteiger partial charge in [-0.3, -0.25) is 4.79 Å². The minimum atomic E-state index is 0.269. The molecule has 16 heavy (non-hydrogen) atoms. The highest BCUT2D eigenvalue weighted by molar-refractivity contribution is 5.80. The van der Waals surface area contributed by atoms with E-state index >= 15 is 0 Å². The number of hydrogen-bond acceptors (Lipinski definition) is 2. The molecule has 0 aromatic heterocycles. The number of aromatic hydroxyl groups is 1. The van der Waals surface area contributed by atoms with Gasteiger partial charge in [0, 0.05) is 11.1 Å². The Labute approximate surface area is 94.2 Å². The maximum atomic E-state index is 10.7. The first-order valence-corrected chi connectivity index (χ1v) is 5.06.